The summed E-state index contributed by atoms with van der Waals surface area (Å²) in [7, 11) is 1.98. The van der Waals surface area contributed by atoms with Crippen LogP contribution in [-0.4, -0.2) is 22.6 Å². The summed E-state index contributed by atoms with van der Waals surface area (Å²) in [5.41, 5.74) is 2.26. The molecule has 17 heavy (non-hydrogen) atoms. The Hall–Kier alpha value is -1.26. The van der Waals surface area contributed by atoms with Crippen LogP contribution >= 0.6 is 11.3 Å². The first-order valence-corrected chi connectivity index (χ1v) is 6.52. The summed E-state index contributed by atoms with van der Waals surface area (Å²) in [6.45, 7) is 4.36. The van der Waals surface area contributed by atoms with Gasteiger partial charge < -0.3 is 5.32 Å². The Morgan fingerprint density at radius 3 is 2.65 bits per heavy atom. The maximum Gasteiger partial charge on any atom is 0.0950 e. The smallest absolute Gasteiger partial charge is 0.0950 e. The first-order chi connectivity index (χ1) is 8.11. The second-order valence-electron chi connectivity index (χ2n) is 4.67. The molecule has 3 nitrogen and oxygen atoms in total. The van der Waals surface area contributed by atoms with Gasteiger partial charge >= 0.3 is 0 Å². The van der Waals surface area contributed by atoms with Gasteiger partial charge in [-0.1, -0.05) is 0 Å². The molecule has 0 aliphatic carbocycles. The van der Waals surface area contributed by atoms with Crippen LogP contribution in [-0.2, 0) is 6.42 Å². The average molecular weight is 247 g/mol. The van der Waals surface area contributed by atoms with Gasteiger partial charge in [-0.2, -0.15) is 0 Å². The van der Waals surface area contributed by atoms with Crippen molar-refractivity contribution in [1.29, 1.82) is 0 Å². The molecule has 0 spiro atoms. The minimum absolute atomic E-state index is 0.0906. The van der Waals surface area contributed by atoms with E-state index >= 15 is 0 Å². The van der Waals surface area contributed by atoms with Crippen LogP contribution in [0.5, 0.6) is 0 Å². The summed E-state index contributed by atoms with van der Waals surface area (Å²) < 4.78 is 0. The van der Waals surface area contributed by atoms with E-state index in [2.05, 4.69) is 34.5 Å². The predicted molar refractivity (Wildman–Crippen MR) is 72.2 cm³/mol. The number of likely N-dealkylation sites (N-methyl/N-ethyl adjacent to an activating group) is 1. The lowest BCUT2D eigenvalue weighted by atomic mass is 10.0. The zero-order valence-electron chi connectivity index (χ0n) is 10.4. The number of rotatable bonds is 4. The summed E-state index contributed by atoms with van der Waals surface area (Å²) in [6.07, 6.45) is 4.54. The standard InChI is InChI=1S/C13H17N3S/c1-13(2,14-3)8-12-16-11(9-17-12)10-4-6-15-7-5-10/h4-7,9,14H,8H2,1-3H3. The molecule has 0 bridgehead atoms. The van der Waals surface area contributed by atoms with E-state index in [9.17, 15) is 0 Å². The Labute approximate surface area is 106 Å². The highest BCUT2D eigenvalue weighted by Crippen LogP contribution is 2.23. The van der Waals surface area contributed by atoms with Crippen LogP contribution in [0.15, 0.2) is 29.9 Å². The number of pyridine rings is 1. The lowest BCUT2D eigenvalue weighted by Crippen LogP contribution is -2.38. The van der Waals surface area contributed by atoms with Crippen molar-refractivity contribution in [3.8, 4) is 11.3 Å². The summed E-state index contributed by atoms with van der Waals surface area (Å²) >= 11 is 1.72. The Balaban J connectivity index is 2.17. The molecule has 1 N–H and O–H groups in total. The van der Waals surface area contributed by atoms with Crippen LogP contribution < -0.4 is 5.32 Å². The number of hydrogen-bond acceptors (Lipinski definition) is 4. The highest BCUT2D eigenvalue weighted by atomic mass is 32.1. The fraction of sp³-hybridized carbons (Fsp3) is 0.385. The van der Waals surface area contributed by atoms with Crippen molar-refractivity contribution in [2.45, 2.75) is 25.8 Å². The molecule has 2 rings (SSSR count). The average Bonchev–Trinajstić information content (AvgIpc) is 2.78. The van der Waals surface area contributed by atoms with E-state index in [1.165, 1.54) is 0 Å². The molecule has 0 aromatic carbocycles. The van der Waals surface area contributed by atoms with Crippen molar-refractivity contribution in [3.05, 3.63) is 34.9 Å². The molecule has 90 valence electrons. The molecular formula is C13H17N3S. The fourth-order valence-corrected chi connectivity index (χ4v) is 2.55. The summed E-state index contributed by atoms with van der Waals surface area (Å²) in [4.78, 5) is 8.68. The van der Waals surface area contributed by atoms with E-state index in [1.807, 2.05) is 19.2 Å². The van der Waals surface area contributed by atoms with Gasteiger partial charge in [0.05, 0.1) is 10.7 Å². The molecule has 2 aromatic rings. The van der Waals surface area contributed by atoms with Crippen molar-refractivity contribution in [1.82, 2.24) is 15.3 Å². The lowest BCUT2D eigenvalue weighted by molar-refractivity contribution is 0.421. The molecule has 2 aromatic heterocycles. The van der Waals surface area contributed by atoms with Crippen LogP contribution in [0.4, 0.5) is 0 Å². The topological polar surface area (TPSA) is 37.8 Å². The van der Waals surface area contributed by atoms with Gasteiger partial charge in [0.25, 0.3) is 0 Å². The first kappa shape index (κ1) is 12.2. The van der Waals surface area contributed by atoms with Gasteiger partial charge in [-0.3, -0.25) is 4.98 Å². The molecule has 0 unspecified atom stereocenters. The van der Waals surface area contributed by atoms with Gasteiger partial charge in [-0.05, 0) is 33.0 Å². The van der Waals surface area contributed by atoms with Gasteiger partial charge in [-0.15, -0.1) is 11.3 Å². The van der Waals surface area contributed by atoms with Gasteiger partial charge in [0, 0.05) is 35.3 Å². The zero-order valence-corrected chi connectivity index (χ0v) is 11.2. The van der Waals surface area contributed by atoms with Crippen molar-refractivity contribution in [2.24, 2.45) is 0 Å². The largest absolute Gasteiger partial charge is 0.314 e. The molecule has 2 heterocycles. The quantitative estimate of drug-likeness (QED) is 0.902. The van der Waals surface area contributed by atoms with Crippen molar-refractivity contribution in [2.75, 3.05) is 7.05 Å². The third kappa shape index (κ3) is 3.11. The van der Waals surface area contributed by atoms with Crippen LogP contribution in [0, 0.1) is 0 Å². The van der Waals surface area contributed by atoms with Gasteiger partial charge in [0.1, 0.15) is 0 Å². The maximum absolute atomic E-state index is 4.66. The highest BCUT2D eigenvalue weighted by molar-refractivity contribution is 7.09. The minimum atomic E-state index is 0.0906. The number of nitrogens with zero attached hydrogens (tertiary/aromatic N) is 2. The third-order valence-electron chi connectivity index (χ3n) is 2.80. The molecule has 0 saturated carbocycles. The fourth-order valence-electron chi connectivity index (χ4n) is 1.51. The minimum Gasteiger partial charge on any atom is -0.314 e. The van der Waals surface area contributed by atoms with Crippen molar-refractivity contribution < 1.29 is 0 Å². The molecule has 0 saturated heterocycles. The monoisotopic (exact) mass is 247 g/mol. The van der Waals surface area contributed by atoms with E-state index in [-0.39, 0.29) is 5.54 Å². The molecule has 0 amide bonds. The Bertz CT molecular complexity index is 476. The molecule has 0 radical (unpaired) electrons. The van der Waals surface area contributed by atoms with E-state index in [1.54, 1.807) is 23.7 Å². The lowest BCUT2D eigenvalue weighted by Gasteiger charge is -2.22. The van der Waals surface area contributed by atoms with Crippen molar-refractivity contribution >= 4 is 11.3 Å². The normalized spacial score (nSPS) is 11.7. The molecule has 0 atom stereocenters. The highest BCUT2D eigenvalue weighted by Gasteiger charge is 2.17. The molecule has 0 aliphatic heterocycles. The van der Waals surface area contributed by atoms with E-state index in [0.717, 1.165) is 22.7 Å². The Morgan fingerprint density at radius 2 is 2.00 bits per heavy atom. The number of aromatic nitrogens is 2. The summed E-state index contributed by atoms with van der Waals surface area (Å²) in [6, 6.07) is 3.98. The molecular weight excluding hydrogens is 230 g/mol. The number of hydrogen-bond donors (Lipinski definition) is 1. The summed E-state index contributed by atoms with van der Waals surface area (Å²) in [5.74, 6) is 0. The summed E-state index contributed by atoms with van der Waals surface area (Å²) in [5, 5.41) is 6.57. The van der Waals surface area contributed by atoms with Gasteiger partial charge in [0.15, 0.2) is 0 Å². The number of thiazole rings is 1. The van der Waals surface area contributed by atoms with Gasteiger partial charge in [0.2, 0.25) is 0 Å². The van der Waals surface area contributed by atoms with Crippen LogP contribution in [0.3, 0.4) is 0 Å². The van der Waals surface area contributed by atoms with E-state index < -0.39 is 0 Å². The predicted octanol–water partition coefficient (Wildman–Crippen LogP) is 2.75. The number of nitrogens with one attached hydrogen (secondary N) is 1. The first-order valence-electron chi connectivity index (χ1n) is 5.64. The SMILES string of the molecule is CNC(C)(C)Cc1nc(-c2ccncc2)cs1. The van der Waals surface area contributed by atoms with E-state index in [0.29, 0.717) is 0 Å². The molecule has 0 aliphatic rings. The van der Waals surface area contributed by atoms with Crippen LogP contribution in [0.2, 0.25) is 0 Å². The third-order valence-corrected chi connectivity index (χ3v) is 3.65. The van der Waals surface area contributed by atoms with Crippen LogP contribution in [0.1, 0.15) is 18.9 Å². The second-order valence-corrected chi connectivity index (χ2v) is 5.62. The Kier molecular flexibility index (Phi) is 3.54. The van der Waals surface area contributed by atoms with Crippen LogP contribution in [0.25, 0.3) is 11.3 Å². The second kappa shape index (κ2) is 4.94. The van der Waals surface area contributed by atoms with Gasteiger partial charge in [-0.25, -0.2) is 4.98 Å². The molecule has 4 heteroatoms. The Morgan fingerprint density at radius 1 is 1.29 bits per heavy atom. The van der Waals surface area contributed by atoms with E-state index in [4.69, 9.17) is 0 Å². The zero-order chi connectivity index (χ0) is 12.3. The maximum atomic E-state index is 4.66. The molecule has 0 fully saturated rings. The van der Waals surface area contributed by atoms with Crippen molar-refractivity contribution in [3.63, 3.8) is 0 Å².